The molecule has 2 amide bonds. The first-order chi connectivity index (χ1) is 19.4. The topological polar surface area (TPSA) is 87.2 Å². The average molecular weight is 561 g/mol. The molecule has 3 heterocycles. The van der Waals surface area contributed by atoms with E-state index in [0.29, 0.717) is 25.9 Å². The van der Waals surface area contributed by atoms with Crippen LogP contribution in [0.2, 0.25) is 0 Å². The molecule has 3 fully saturated rings. The van der Waals surface area contributed by atoms with Gasteiger partial charge in [0.2, 0.25) is 11.8 Å². The number of likely N-dealkylation sites (tertiary alicyclic amines) is 1. The van der Waals surface area contributed by atoms with Crippen LogP contribution in [-0.4, -0.2) is 74.5 Å². The highest BCUT2D eigenvalue weighted by atomic mass is 32.2. The van der Waals surface area contributed by atoms with Gasteiger partial charge in [-0.15, -0.1) is 18.3 Å². The third-order valence-corrected chi connectivity index (χ3v) is 10.3. The summed E-state index contributed by atoms with van der Waals surface area (Å²) in [6.45, 7) is 7.97. The van der Waals surface area contributed by atoms with Crippen LogP contribution in [0.4, 0.5) is 0 Å². The second-order valence-electron chi connectivity index (χ2n) is 10.7. The number of carbonyl (C=O) groups is 3. The first-order valence-corrected chi connectivity index (χ1v) is 14.7. The largest absolute Gasteiger partial charge is 0.461 e. The molecular formula is C32H36N2O5S. The van der Waals surface area contributed by atoms with E-state index >= 15 is 0 Å². The first-order valence-electron chi connectivity index (χ1n) is 13.8. The maximum Gasteiger partial charge on any atom is 0.311 e. The molecule has 3 aliphatic rings. The van der Waals surface area contributed by atoms with Crippen molar-refractivity contribution in [3.05, 3.63) is 97.1 Å². The number of benzene rings is 2. The fourth-order valence-electron chi connectivity index (χ4n) is 6.77. The van der Waals surface area contributed by atoms with Crippen molar-refractivity contribution in [1.82, 2.24) is 9.80 Å². The highest BCUT2D eigenvalue weighted by Crippen LogP contribution is 2.67. The number of rotatable bonds is 12. The van der Waals surface area contributed by atoms with E-state index in [2.05, 4.69) is 13.2 Å². The Kier molecular flexibility index (Phi) is 8.47. The zero-order valence-corrected chi connectivity index (χ0v) is 23.4. The van der Waals surface area contributed by atoms with Gasteiger partial charge in [-0.2, -0.15) is 0 Å². The van der Waals surface area contributed by atoms with E-state index in [9.17, 15) is 19.5 Å². The molecule has 210 valence electrons. The van der Waals surface area contributed by atoms with Gasteiger partial charge in [0.05, 0.1) is 29.2 Å². The molecule has 0 saturated carbocycles. The SMILES string of the molecule is C=CCOC(=O)[C@@H]1[C@@H]2CCC3(S2)C(C(=O)N(CC=C)Cc2ccccc2)N([C@@H](CO)Cc2ccccc2)C(=O)[C@H]13. The number of hydrogen-bond acceptors (Lipinski definition) is 6. The van der Waals surface area contributed by atoms with Gasteiger partial charge in [0.1, 0.15) is 12.6 Å². The van der Waals surface area contributed by atoms with Crippen molar-refractivity contribution in [3.8, 4) is 0 Å². The lowest BCUT2D eigenvalue weighted by molar-refractivity contribution is -0.153. The van der Waals surface area contributed by atoms with E-state index in [1.165, 1.54) is 6.08 Å². The quantitative estimate of drug-likeness (QED) is 0.315. The molecule has 1 spiro atoms. The van der Waals surface area contributed by atoms with Crippen molar-refractivity contribution < 1.29 is 24.2 Å². The summed E-state index contributed by atoms with van der Waals surface area (Å²) < 4.78 is 4.69. The molecule has 0 aliphatic carbocycles. The maximum atomic E-state index is 14.6. The van der Waals surface area contributed by atoms with E-state index in [4.69, 9.17) is 4.74 Å². The second-order valence-corrected chi connectivity index (χ2v) is 12.3. The van der Waals surface area contributed by atoms with Gasteiger partial charge in [0.25, 0.3) is 0 Å². The third kappa shape index (κ3) is 4.99. The van der Waals surface area contributed by atoms with E-state index in [0.717, 1.165) is 17.5 Å². The highest BCUT2D eigenvalue weighted by molar-refractivity contribution is 8.02. The summed E-state index contributed by atoms with van der Waals surface area (Å²) in [6, 6.07) is 18.0. The number of ether oxygens (including phenoxy) is 1. The fourth-order valence-corrected chi connectivity index (χ4v) is 8.96. The van der Waals surface area contributed by atoms with Gasteiger partial charge in [-0.3, -0.25) is 14.4 Å². The summed E-state index contributed by atoms with van der Waals surface area (Å²) in [6.07, 6.45) is 4.98. The Labute approximate surface area is 239 Å². The Hall–Kier alpha value is -3.36. The number of amides is 2. The first kappa shape index (κ1) is 28.2. The minimum absolute atomic E-state index is 0.0736. The number of thioether (sulfide) groups is 1. The zero-order valence-electron chi connectivity index (χ0n) is 22.6. The molecule has 2 bridgehead atoms. The lowest BCUT2D eigenvalue weighted by Crippen LogP contribution is -2.57. The number of aliphatic hydroxyl groups is 1. The Bertz CT molecular complexity index is 1250. The summed E-state index contributed by atoms with van der Waals surface area (Å²) >= 11 is 1.60. The molecule has 2 unspecified atom stereocenters. The predicted molar refractivity (Wildman–Crippen MR) is 155 cm³/mol. The second kappa shape index (κ2) is 12.0. The Morgan fingerprint density at radius 2 is 1.77 bits per heavy atom. The van der Waals surface area contributed by atoms with Crippen LogP contribution >= 0.6 is 11.8 Å². The molecule has 7 nitrogen and oxygen atoms in total. The number of aliphatic hydroxyl groups excluding tert-OH is 1. The predicted octanol–water partition coefficient (Wildman–Crippen LogP) is 3.63. The van der Waals surface area contributed by atoms with Gasteiger partial charge in [0.15, 0.2) is 0 Å². The van der Waals surface area contributed by atoms with Crippen LogP contribution in [-0.2, 0) is 32.1 Å². The smallest absolute Gasteiger partial charge is 0.311 e. The number of hydrogen-bond donors (Lipinski definition) is 1. The minimum atomic E-state index is -0.818. The van der Waals surface area contributed by atoms with E-state index in [1.807, 2.05) is 60.7 Å². The third-order valence-electron chi connectivity index (χ3n) is 8.38. The summed E-state index contributed by atoms with van der Waals surface area (Å²) in [5, 5.41) is 10.5. The van der Waals surface area contributed by atoms with Crippen LogP contribution in [0.5, 0.6) is 0 Å². The summed E-state index contributed by atoms with van der Waals surface area (Å²) in [7, 11) is 0. The molecule has 40 heavy (non-hydrogen) atoms. The van der Waals surface area contributed by atoms with Gasteiger partial charge in [-0.1, -0.05) is 79.4 Å². The molecule has 0 radical (unpaired) electrons. The molecule has 8 heteroatoms. The van der Waals surface area contributed by atoms with E-state index in [1.54, 1.807) is 27.6 Å². The van der Waals surface area contributed by atoms with Crippen LogP contribution in [0.25, 0.3) is 0 Å². The van der Waals surface area contributed by atoms with Crippen molar-refractivity contribution in [2.24, 2.45) is 11.8 Å². The van der Waals surface area contributed by atoms with Gasteiger partial charge in [-0.05, 0) is 30.4 Å². The van der Waals surface area contributed by atoms with Crippen LogP contribution in [0.3, 0.4) is 0 Å². The summed E-state index contributed by atoms with van der Waals surface area (Å²) in [5.41, 5.74) is 1.93. The van der Waals surface area contributed by atoms with Crippen LogP contribution < -0.4 is 0 Å². The van der Waals surface area contributed by atoms with Crippen molar-refractivity contribution in [2.45, 2.75) is 47.9 Å². The average Bonchev–Trinajstić information content (AvgIpc) is 3.62. The fraction of sp³-hybridized carbons (Fsp3) is 0.406. The lowest BCUT2D eigenvalue weighted by Gasteiger charge is -2.39. The zero-order chi connectivity index (χ0) is 28.3. The Balaban J connectivity index is 1.55. The van der Waals surface area contributed by atoms with Crippen molar-refractivity contribution in [1.29, 1.82) is 0 Å². The molecule has 2 aromatic carbocycles. The lowest BCUT2D eigenvalue weighted by atomic mass is 9.71. The van der Waals surface area contributed by atoms with E-state index in [-0.39, 0.29) is 30.3 Å². The summed E-state index contributed by atoms with van der Waals surface area (Å²) in [5.74, 6) is -2.17. The van der Waals surface area contributed by atoms with Gasteiger partial charge in [-0.25, -0.2) is 0 Å². The van der Waals surface area contributed by atoms with E-state index < -0.39 is 34.6 Å². The molecule has 1 N–H and O–H groups in total. The minimum Gasteiger partial charge on any atom is -0.461 e. The molecular weight excluding hydrogens is 524 g/mol. The molecule has 0 aromatic heterocycles. The van der Waals surface area contributed by atoms with Crippen LogP contribution in [0.1, 0.15) is 24.0 Å². The van der Waals surface area contributed by atoms with Gasteiger partial charge in [0, 0.05) is 18.3 Å². The molecule has 6 atom stereocenters. The van der Waals surface area contributed by atoms with Gasteiger partial charge < -0.3 is 19.6 Å². The number of nitrogens with zero attached hydrogens (tertiary/aromatic N) is 2. The monoisotopic (exact) mass is 560 g/mol. The van der Waals surface area contributed by atoms with Crippen LogP contribution in [0.15, 0.2) is 86.0 Å². The van der Waals surface area contributed by atoms with Gasteiger partial charge >= 0.3 is 5.97 Å². The Morgan fingerprint density at radius 3 is 2.40 bits per heavy atom. The number of esters is 1. The Morgan fingerprint density at radius 1 is 1.10 bits per heavy atom. The highest BCUT2D eigenvalue weighted by Gasteiger charge is 2.74. The number of carbonyl (C=O) groups excluding carboxylic acids is 3. The van der Waals surface area contributed by atoms with Crippen LogP contribution in [0, 0.1) is 11.8 Å². The molecule has 2 aromatic rings. The molecule has 5 rings (SSSR count). The molecule has 3 aliphatic heterocycles. The number of fused-ring (bicyclic) bond motifs is 1. The molecule has 3 saturated heterocycles. The van der Waals surface area contributed by atoms with Crippen molar-refractivity contribution >= 4 is 29.5 Å². The standard InChI is InChI=1S/C32H36N2O5S/c1-3-17-33(20-23-13-9-6-10-14-23)30(37)28-32-16-15-25(40-32)26(31(38)39-18-4-2)27(32)29(36)34(28)24(21-35)19-22-11-7-5-8-12-22/h3-14,24-28,35H,1-2,15-21H2/t24-,25+,26-,27+,28?,32?/m1/s1. The summed E-state index contributed by atoms with van der Waals surface area (Å²) in [4.78, 5) is 45.6. The normalized spacial score (nSPS) is 27.2. The van der Waals surface area contributed by atoms with Crippen molar-refractivity contribution in [3.63, 3.8) is 0 Å². The maximum absolute atomic E-state index is 14.6. The van der Waals surface area contributed by atoms with Crippen molar-refractivity contribution in [2.75, 3.05) is 19.8 Å².